The number of ketones is 1. The van der Waals surface area contributed by atoms with Crippen LogP contribution in [0.1, 0.15) is 50.2 Å². The van der Waals surface area contributed by atoms with E-state index in [0.29, 0.717) is 24.8 Å². The topological polar surface area (TPSA) is 17.1 Å². The molecule has 0 saturated heterocycles. The number of hydrogen-bond acceptors (Lipinski definition) is 1. The molecule has 19 heavy (non-hydrogen) atoms. The molecule has 1 unspecified atom stereocenters. The van der Waals surface area contributed by atoms with Crippen molar-refractivity contribution in [2.45, 2.75) is 45.2 Å². The minimum Gasteiger partial charge on any atom is -0.299 e. The van der Waals surface area contributed by atoms with E-state index in [9.17, 15) is 18.0 Å². The second-order valence-electron chi connectivity index (χ2n) is 5.17. The Morgan fingerprint density at radius 3 is 2.37 bits per heavy atom. The third-order valence-corrected chi connectivity index (χ3v) is 4.49. The van der Waals surface area contributed by atoms with Crippen molar-refractivity contribution in [2.75, 3.05) is 0 Å². The summed E-state index contributed by atoms with van der Waals surface area (Å²) in [6.45, 7) is 3.86. The molecule has 0 radical (unpaired) electrons. The standard InChI is InChI=1S/C15H17F3O/c1-3-14(4-2)12(9-13(14)19)10-6-5-7-11(8-10)15(16,17)18/h5-8,12H,3-4,9H2,1-2H3. The molecule has 0 N–H and O–H groups in total. The van der Waals surface area contributed by atoms with E-state index in [0.717, 1.165) is 6.07 Å². The highest BCUT2D eigenvalue weighted by atomic mass is 19.4. The summed E-state index contributed by atoms with van der Waals surface area (Å²) < 4.78 is 38.2. The van der Waals surface area contributed by atoms with Gasteiger partial charge in [0.05, 0.1) is 5.56 Å². The lowest BCUT2D eigenvalue weighted by atomic mass is 9.54. The molecule has 0 aliphatic heterocycles. The molecule has 0 bridgehead atoms. The highest BCUT2D eigenvalue weighted by molar-refractivity contribution is 5.93. The van der Waals surface area contributed by atoms with Crippen molar-refractivity contribution in [1.29, 1.82) is 0 Å². The fraction of sp³-hybridized carbons (Fsp3) is 0.533. The molecule has 104 valence electrons. The monoisotopic (exact) mass is 270 g/mol. The molecule has 1 atom stereocenters. The van der Waals surface area contributed by atoms with E-state index in [1.165, 1.54) is 12.1 Å². The van der Waals surface area contributed by atoms with E-state index in [1.54, 1.807) is 6.07 Å². The lowest BCUT2D eigenvalue weighted by Crippen LogP contribution is -2.47. The first-order valence-electron chi connectivity index (χ1n) is 6.55. The molecule has 0 amide bonds. The van der Waals surface area contributed by atoms with Gasteiger partial charge in [-0.05, 0) is 24.5 Å². The van der Waals surface area contributed by atoms with Crippen LogP contribution < -0.4 is 0 Å². The van der Waals surface area contributed by atoms with Gasteiger partial charge in [-0.1, -0.05) is 32.0 Å². The van der Waals surface area contributed by atoms with Crippen molar-refractivity contribution in [3.63, 3.8) is 0 Å². The SMILES string of the molecule is CCC1(CC)C(=O)CC1c1cccc(C(F)(F)F)c1. The molecule has 1 aromatic carbocycles. The van der Waals surface area contributed by atoms with Crippen LogP contribution in [0, 0.1) is 5.41 Å². The summed E-state index contributed by atoms with van der Waals surface area (Å²) in [5.74, 6) is 0.109. The van der Waals surface area contributed by atoms with Crippen LogP contribution in [-0.4, -0.2) is 5.78 Å². The zero-order valence-electron chi connectivity index (χ0n) is 11.1. The van der Waals surface area contributed by atoms with Crippen LogP contribution in [0.25, 0.3) is 0 Å². The van der Waals surface area contributed by atoms with E-state index in [1.807, 2.05) is 13.8 Å². The number of carbonyl (C=O) groups is 1. The van der Waals surface area contributed by atoms with Crippen molar-refractivity contribution in [2.24, 2.45) is 5.41 Å². The lowest BCUT2D eigenvalue weighted by molar-refractivity contribution is -0.141. The quantitative estimate of drug-likeness (QED) is 0.786. The predicted molar refractivity (Wildman–Crippen MR) is 66.8 cm³/mol. The minimum absolute atomic E-state index is 0.0719. The summed E-state index contributed by atoms with van der Waals surface area (Å²) in [7, 11) is 0. The van der Waals surface area contributed by atoms with Crippen molar-refractivity contribution < 1.29 is 18.0 Å². The largest absolute Gasteiger partial charge is 0.416 e. The third kappa shape index (κ3) is 2.17. The zero-order valence-corrected chi connectivity index (χ0v) is 11.1. The Bertz CT molecular complexity index is 486. The lowest BCUT2D eigenvalue weighted by Gasteiger charge is -2.47. The van der Waals surface area contributed by atoms with Gasteiger partial charge in [0.25, 0.3) is 0 Å². The maximum absolute atomic E-state index is 12.7. The molecule has 1 fully saturated rings. The van der Waals surface area contributed by atoms with Gasteiger partial charge in [0, 0.05) is 17.8 Å². The van der Waals surface area contributed by atoms with Gasteiger partial charge >= 0.3 is 6.18 Å². The van der Waals surface area contributed by atoms with E-state index in [2.05, 4.69) is 0 Å². The summed E-state index contributed by atoms with van der Waals surface area (Å²) in [6.07, 6.45) is -2.60. The van der Waals surface area contributed by atoms with Crippen molar-refractivity contribution in [1.82, 2.24) is 0 Å². The first-order valence-corrected chi connectivity index (χ1v) is 6.55. The number of benzene rings is 1. The number of alkyl halides is 3. The van der Waals surface area contributed by atoms with E-state index in [-0.39, 0.29) is 11.7 Å². The maximum Gasteiger partial charge on any atom is 0.416 e. The Balaban J connectivity index is 2.36. The van der Waals surface area contributed by atoms with Crippen LogP contribution in [-0.2, 0) is 11.0 Å². The Hall–Kier alpha value is -1.32. The third-order valence-electron chi connectivity index (χ3n) is 4.49. The van der Waals surface area contributed by atoms with Crippen LogP contribution in [0.5, 0.6) is 0 Å². The molecule has 1 saturated carbocycles. The van der Waals surface area contributed by atoms with Crippen molar-refractivity contribution >= 4 is 5.78 Å². The van der Waals surface area contributed by atoms with Gasteiger partial charge in [0.1, 0.15) is 5.78 Å². The van der Waals surface area contributed by atoms with Gasteiger partial charge in [-0.3, -0.25) is 4.79 Å². The number of carbonyl (C=O) groups excluding carboxylic acids is 1. The number of hydrogen-bond donors (Lipinski definition) is 0. The first kappa shape index (κ1) is 14.1. The van der Waals surface area contributed by atoms with Gasteiger partial charge in [0.2, 0.25) is 0 Å². The van der Waals surface area contributed by atoms with Crippen LogP contribution in [0.4, 0.5) is 13.2 Å². The molecule has 1 nitrogen and oxygen atoms in total. The molecule has 1 aliphatic carbocycles. The Kier molecular flexibility index (Phi) is 3.45. The molecule has 2 rings (SSSR count). The van der Waals surface area contributed by atoms with Crippen LogP contribution in [0.15, 0.2) is 24.3 Å². The summed E-state index contributed by atoms with van der Waals surface area (Å²) in [4.78, 5) is 11.9. The molecular formula is C15H17F3O. The van der Waals surface area contributed by atoms with Gasteiger partial charge < -0.3 is 0 Å². The number of halogens is 3. The van der Waals surface area contributed by atoms with E-state index >= 15 is 0 Å². The maximum atomic E-state index is 12.7. The Labute approximate surface area is 110 Å². The van der Waals surface area contributed by atoms with E-state index < -0.39 is 17.2 Å². The van der Waals surface area contributed by atoms with E-state index in [4.69, 9.17) is 0 Å². The van der Waals surface area contributed by atoms with Gasteiger partial charge in [-0.25, -0.2) is 0 Å². The minimum atomic E-state index is -4.33. The molecule has 0 heterocycles. The second kappa shape index (κ2) is 4.66. The number of rotatable bonds is 3. The average molecular weight is 270 g/mol. The highest BCUT2D eigenvalue weighted by Crippen LogP contribution is 2.54. The van der Waals surface area contributed by atoms with Gasteiger partial charge in [0.15, 0.2) is 0 Å². The second-order valence-corrected chi connectivity index (χ2v) is 5.17. The molecule has 0 aromatic heterocycles. The normalized spacial score (nSPS) is 22.2. The zero-order chi connectivity index (χ0) is 14.3. The molecule has 1 aliphatic rings. The molecule has 0 spiro atoms. The summed E-state index contributed by atoms with van der Waals surface area (Å²) in [5.41, 5.74) is -0.451. The molecule has 1 aromatic rings. The molecule has 4 heteroatoms. The summed E-state index contributed by atoms with van der Waals surface area (Å²) >= 11 is 0. The van der Waals surface area contributed by atoms with Crippen molar-refractivity contribution in [3.05, 3.63) is 35.4 Å². The van der Waals surface area contributed by atoms with Crippen LogP contribution in [0.3, 0.4) is 0 Å². The smallest absolute Gasteiger partial charge is 0.299 e. The Morgan fingerprint density at radius 2 is 1.89 bits per heavy atom. The van der Waals surface area contributed by atoms with Crippen LogP contribution >= 0.6 is 0 Å². The van der Waals surface area contributed by atoms with Crippen LogP contribution in [0.2, 0.25) is 0 Å². The van der Waals surface area contributed by atoms with Crippen molar-refractivity contribution in [3.8, 4) is 0 Å². The summed E-state index contributed by atoms with van der Waals surface area (Å²) in [5, 5.41) is 0. The molecular weight excluding hydrogens is 253 g/mol. The van der Waals surface area contributed by atoms with Gasteiger partial charge in [-0.2, -0.15) is 13.2 Å². The summed E-state index contributed by atoms with van der Waals surface area (Å²) in [6, 6.07) is 5.39. The van der Waals surface area contributed by atoms with Gasteiger partial charge in [-0.15, -0.1) is 0 Å². The fourth-order valence-corrected chi connectivity index (χ4v) is 3.15. The average Bonchev–Trinajstić information content (AvgIpc) is 2.37. The highest BCUT2D eigenvalue weighted by Gasteiger charge is 2.52. The predicted octanol–water partition coefficient (Wildman–Crippen LogP) is 4.57. The number of Topliss-reactive ketones (excluding diaryl/α,β-unsaturated/α-hetero) is 1. The fourth-order valence-electron chi connectivity index (χ4n) is 3.15. The first-order chi connectivity index (χ1) is 8.85. The Morgan fingerprint density at radius 1 is 1.26 bits per heavy atom.